The van der Waals surface area contributed by atoms with E-state index in [1.54, 1.807) is 7.11 Å². The molecule has 2 heteroatoms. The van der Waals surface area contributed by atoms with Crippen molar-refractivity contribution >= 4 is 5.78 Å². The van der Waals surface area contributed by atoms with Gasteiger partial charge in [0.2, 0.25) is 0 Å². The van der Waals surface area contributed by atoms with Gasteiger partial charge in [0, 0.05) is 18.6 Å². The Hall–Kier alpha value is -1.15. The third kappa shape index (κ3) is 2.67. The largest absolute Gasteiger partial charge is 0.384 e. The molecule has 0 aliphatic carbocycles. The first-order valence-electron chi connectivity index (χ1n) is 4.34. The van der Waals surface area contributed by atoms with E-state index in [0.717, 1.165) is 5.56 Å². The molecule has 0 aliphatic rings. The van der Waals surface area contributed by atoms with Crippen LogP contribution in [0.4, 0.5) is 0 Å². The maximum absolute atomic E-state index is 11.7. The van der Waals surface area contributed by atoms with Gasteiger partial charge >= 0.3 is 0 Å². The highest BCUT2D eigenvalue weighted by Gasteiger charge is 2.13. The van der Waals surface area contributed by atoms with Crippen LogP contribution in [0.15, 0.2) is 30.3 Å². The van der Waals surface area contributed by atoms with E-state index in [2.05, 4.69) is 0 Å². The van der Waals surface area contributed by atoms with Crippen LogP contribution in [0.3, 0.4) is 0 Å². The molecule has 0 saturated heterocycles. The Morgan fingerprint density at radius 2 is 2.00 bits per heavy atom. The highest BCUT2D eigenvalue weighted by atomic mass is 16.5. The summed E-state index contributed by atoms with van der Waals surface area (Å²) in [5.41, 5.74) is 0.757. The van der Waals surface area contributed by atoms with E-state index in [1.807, 2.05) is 37.3 Å². The van der Waals surface area contributed by atoms with Crippen molar-refractivity contribution in [3.8, 4) is 0 Å². The summed E-state index contributed by atoms with van der Waals surface area (Å²) in [5, 5.41) is 0. The van der Waals surface area contributed by atoms with Gasteiger partial charge in [0.1, 0.15) is 0 Å². The molecule has 1 atom stereocenters. The summed E-state index contributed by atoms with van der Waals surface area (Å²) in [4.78, 5) is 11.7. The van der Waals surface area contributed by atoms with Gasteiger partial charge in [-0.15, -0.1) is 0 Å². The minimum atomic E-state index is -0.0626. The SMILES string of the molecule is COC[C@@H](C)C(=O)c1ccccc1. The molecule has 0 N–H and O–H groups in total. The van der Waals surface area contributed by atoms with Crippen LogP contribution in [0.25, 0.3) is 0 Å². The Bertz CT molecular complexity index is 267. The first-order chi connectivity index (χ1) is 6.25. The number of rotatable bonds is 4. The molecular formula is C11H14O2. The lowest BCUT2D eigenvalue weighted by Gasteiger charge is -2.08. The van der Waals surface area contributed by atoms with Crippen LogP contribution in [0, 0.1) is 5.92 Å². The Morgan fingerprint density at radius 1 is 1.38 bits per heavy atom. The van der Waals surface area contributed by atoms with Crippen LogP contribution >= 0.6 is 0 Å². The maximum atomic E-state index is 11.7. The van der Waals surface area contributed by atoms with Crippen molar-refractivity contribution in [2.75, 3.05) is 13.7 Å². The Kier molecular flexibility index (Phi) is 3.65. The van der Waals surface area contributed by atoms with Crippen molar-refractivity contribution in [2.45, 2.75) is 6.92 Å². The molecule has 2 nitrogen and oxygen atoms in total. The second-order valence-electron chi connectivity index (χ2n) is 3.09. The highest BCUT2D eigenvalue weighted by molar-refractivity contribution is 5.97. The normalized spacial score (nSPS) is 12.5. The van der Waals surface area contributed by atoms with Gasteiger partial charge in [0.15, 0.2) is 5.78 Å². The van der Waals surface area contributed by atoms with Crippen LogP contribution in [-0.2, 0) is 4.74 Å². The number of hydrogen-bond donors (Lipinski definition) is 0. The molecule has 0 heterocycles. The van der Waals surface area contributed by atoms with Gasteiger partial charge in [-0.2, -0.15) is 0 Å². The minimum absolute atomic E-state index is 0.0626. The summed E-state index contributed by atoms with van der Waals surface area (Å²) < 4.78 is 4.93. The van der Waals surface area contributed by atoms with Gasteiger partial charge in [-0.05, 0) is 0 Å². The Balaban J connectivity index is 2.68. The van der Waals surface area contributed by atoms with Gasteiger partial charge in [-0.25, -0.2) is 0 Å². The number of carbonyl (C=O) groups excluding carboxylic acids is 1. The van der Waals surface area contributed by atoms with E-state index in [4.69, 9.17) is 4.74 Å². The smallest absolute Gasteiger partial charge is 0.167 e. The van der Waals surface area contributed by atoms with Crippen molar-refractivity contribution in [2.24, 2.45) is 5.92 Å². The minimum Gasteiger partial charge on any atom is -0.384 e. The third-order valence-electron chi connectivity index (χ3n) is 1.92. The van der Waals surface area contributed by atoms with E-state index in [0.29, 0.717) is 6.61 Å². The zero-order valence-electron chi connectivity index (χ0n) is 7.99. The van der Waals surface area contributed by atoms with E-state index in [-0.39, 0.29) is 11.7 Å². The van der Waals surface area contributed by atoms with Crippen molar-refractivity contribution < 1.29 is 9.53 Å². The predicted molar refractivity (Wildman–Crippen MR) is 51.8 cm³/mol. The molecule has 0 saturated carbocycles. The lowest BCUT2D eigenvalue weighted by molar-refractivity contribution is 0.0830. The van der Waals surface area contributed by atoms with Crippen LogP contribution in [0.1, 0.15) is 17.3 Å². The quantitative estimate of drug-likeness (QED) is 0.660. The van der Waals surface area contributed by atoms with Crippen molar-refractivity contribution in [3.63, 3.8) is 0 Å². The molecule has 0 unspecified atom stereocenters. The fourth-order valence-corrected chi connectivity index (χ4v) is 1.21. The lowest BCUT2D eigenvalue weighted by atomic mass is 10.0. The van der Waals surface area contributed by atoms with Crippen molar-refractivity contribution in [3.05, 3.63) is 35.9 Å². The Morgan fingerprint density at radius 3 is 2.54 bits per heavy atom. The molecule has 0 aromatic heterocycles. The van der Waals surface area contributed by atoms with Crippen molar-refractivity contribution in [1.29, 1.82) is 0 Å². The maximum Gasteiger partial charge on any atom is 0.167 e. The van der Waals surface area contributed by atoms with Gasteiger partial charge in [-0.3, -0.25) is 4.79 Å². The zero-order valence-corrected chi connectivity index (χ0v) is 7.99. The predicted octanol–water partition coefficient (Wildman–Crippen LogP) is 2.15. The summed E-state index contributed by atoms with van der Waals surface area (Å²) >= 11 is 0. The van der Waals surface area contributed by atoms with Gasteiger partial charge in [0.05, 0.1) is 6.61 Å². The molecule has 0 amide bonds. The molecule has 70 valence electrons. The van der Waals surface area contributed by atoms with E-state index >= 15 is 0 Å². The molecule has 1 rings (SSSR count). The third-order valence-corrected chi connectivity index (χ3v) is 1.92. The van der Waals surface area contributed by atoms with Crippen LogP contribution in [0.5, 0.6) is 0 Å². The molecule has 0 radical (unpaired) electrons. The lowest BCUT2D eigenvalue weighted by Crippen LogP contribution is -2.16. The summed E-state index contributed by atoms with van der Waals surface area (Å²) in [7, 11) is 1.61. The summed E-state index contributed by atoms with van der Waals surface area (Å²) in [6.45, 7) is 2.35. The Labute approximate surface area is 78.5 Å². The van der Waals surface area contributed by atoms with Gasteiger partial charge in [-0.1, -0.05) is 37.3 Å². The number of ketones is 1. The molecule has 1 aromatic rings. The average molecular weight is 178 g/mol. The number of hydrogen-bond acceptors (Lipinski definition) is 2. The molecule has 0 fully saturated rings. The molecule has 0 bridgehead atoms. The van der Waals surface area contributed by atoms with E-state index in [1.165, 1.54) is 0 Å². The summed E-state index contributed by atoms with van der Waals surface area (Å²) in [6.07, 6.45) is 0. The molecule has 0 spiro atoms. The molecule has 0 aliphatic heterocycles. The fourth-order valence-electron chi connectivity index (χ4n) is 1.21. The van der Waals surface area contributed by atoms with E-state index in [9.17, 15) is 4.79 Å². The van der Waals surface area contributed by atoms with Crippen LogP contribution < -0.4 is 0 Å². The number of Topliss-reactive ketones (excluding diaryl/α,β-unsaturated/α-hetero) is 1. The number of methoxy groups -OCH3 is 1. The summed E-state index contributed by atoms with van der Waals surface area (Å²) in [6, 6.07) is 9.29. The monoisotopic (exact) mass is 178 g/mol. The number of benzene rings is 1. The first-order valence-corrected chi connectivity index (χ1v) is 4.34. The van der Waals surface area contributed by atoms with Crippen LogP contribution in [-0.4, -0.2) is 19.5 Å². The molecule has 13 heavy (non-hydrogen) atoms. The molecule has 1 aromatic carbocycles. The second kappa shape index (κ2) is 4.77. The van der Waals surface area contributed by atoms with E-state index < -0.39 is 0 Å². The number of ether oxygens (including phenoxy) is 1. The molecular weight excluding hydrogens is 164 g/mol. The fraction of sp³-hybridized carbons (Fsp3) is 0.364. The number of carbonyl (C=O) groups is 1. The highest BCUT2D eigenvalue weighted by Crippen LogP contribution is 2.08. The zero-order chi connectivity index (χ0) is 9.68. The van der Waals surface area contributed by atoms with Crippen molar-refractivity contribution in [1.82, 2.24) is 0 Å². The van der Waals surface area contributed by atoms with Gasteiger partial charge < -0.3 is 4.74 Å². The second-order valence-corrected chi connectivity index (χ2v) is 3.09. The average Bonchev–Trinajstić information content (AvgIpc) is 2.18. The standard InChI is InChI=1S/C11H14O2/c1-9(8-13-2)11(12)10-6-4-3-5-7-10/h3-7,9H,8H2,1-2H3/t9-/m1/s1. The topological polar surface area (TPSA) is 26.3 Å². The summed E-state index contributed by atoms with van der Waals surface area (Å²) in [5.74, 6) is 0.0786. The van der Waals surface area contributed by atoms with Gasteiger partial charge in [0.25, 0.3) is 0 Å². The van der Waals surface area contributed by atoms with Crippen LogP contribution in [0.2, 0.25) is 0 Å². The first kappa shape index (κ1) is 9.93.